The van der Waals surface area contributed by atoms with E-state index in [9.17, 15) is 9.18 Å². The van der Waals surface area contributed by atoms with Crippen LogP contribution >= 0.6 is 23.4 Å². The van der Waals surface area contributed by atoms with Gasteiger partial charge in [0.25, 0.3) is 0 Å². The van der Waals surface area contributed by atoms with Gasteiger partial charge in [0.05, 0.1) is 22.0 Å². The summed E-state index contributed by atoms with van der Waals surface area (Å²) >= 11 is 7.10. The van der Waals surface area contributed by atoms with E-state index in [1.807, 2.05) is 4.90 Å². The smallest absolute Gasteiger partial charge is 0.337 e. The summed E-state index contributed by atoms with van der Waals surface area (Å²) in [5, 5.41) is 21.6. The molecule has 1 atom stereocenters. The second-order valence-corrected chi connectivity index (χ2v) is 9.01. The molecule has 0 radical (unpaired) electrons. The number of amides is 2. The number of halogens is 2. The molecule has 1 unspecified atom stereocenters. The second-order valence-electron chi connectivity index (χ2n) is 7.38. The van der Waals surface area contributed by atoms with Gasteiger partial charge >= 0.3 is 6.03 Å². The molecule has 1 saturated heterocycles. The molecule has 172 valence electrons. The van der Waals surface area contributed by atoms with E-state index in [4.69, 9.17) is 22.4 Å². The zero-order valence-electron chi connectivity index (χ0n) is 17.7. The average Bonchev–Trinajstić information content (AvgIpc) is 3.28. The van der Waals surface area contributed by atoms with Crippen molar-refractivity contribution < 1.29 is 9.18 Å². The summed E-state index contributed by atoms with van der Waals surface area (Å²) in [6.07, 6.45) is 4.89. The lowest BCUT2D eigenvalue weighted by Gasteiger charge is -2.37. The van der Waals surface area contributed by atoms with Crippen LogP contribution in [-0.2, 0) is 0 Å². The van der Waals surface area contributed by atoms with Gasteiger partial charge in [0.15, 0.2) is 5.82 Å². The molecule has 33 heavy (non-hydrogen) atoms. The molecule has 4 heterocycles. The molecule has 0 bridgehead atoms. The van der Waals surface area contributed by atoms with Gasteiger partial charge in [0.1, 0.15) is 16.8 Å². The Labute approximate surface area is 198 Å². The van der Waals surface area contributed by atoms with E-state index >= 15 is 0 Å². The summed E-state index contributed by atoms with van der Waals surface area (Å²) in [6.45, 7) is 3.19. The van der Waals surface area contributed by atoms with E-state index in [2.05, 4.69) is 20.1 Å². The first-order valence-corrected chi connectivity index (χ1v) is 11.3. The summed E-state index contributed by atoms with van der Waals surface area (Å²) < 4.78 is 14.1. The minimum Gasteiger partial charge on any atom is -0.337 e. The van der Waals surface area contributed by atoms with Crippen LogP contribution in [-0.4, -0.2) is 73.4 Å². The molecule has 2 aromatic rings. The minimum absolute atomic E-state index is 0.142. The number of piperazine rings is 1. The summed E-state index contributed by atoms with van der Waals surface area (Å²) in [7, 11) is 0. The van der Waals surface area contributed by atoms with E-state index in [-0.39, 0.29) is 33.8 Å². The molecule has 1 fully saturated rings. The number of nitrogens with zero attached hydrogens (tertiary/aromatic N) is 7. The van der Waals surface area contributed by atoms with Gasteiger partial charge in [-0.3, -0.25) is 15.8 Å². The van der Waals surface area contributed by atoms with Crippen molar-refractivity contribution in [3.8, 4) is 0 Å². The number of aromatic nitrogens is 3. The van der Waals surface area contributed by atoms with Crippen molar-refractivity contribution in [3.05, 3.63) is 46.8 Å². The first-order chi connectivity index (χ1) is 15.8. The van der Waals surface area contributed by atoms with Crippen LogP contribution in [0.1, 0.15) is 30.8 Å². The molecule has 2 N–H and O–H groups in total. The van der Waals surface area contributed by atoms with Crippen molar-refractivity contribution in [2.45, 2.75) is 19.4 Å². The summed E-state index contributed by atoms with van der Waals surface area (Å²) in [5.74, 6) is -0.429. The predicted molar refractivity (Wildman–Crippen MR) is 126 cm³/mol. The second kappa shape index (κ2) is 9.79. The summed E-state index contributed by atoms with van der Waals surface area (Å²) in [6, 6.07) is 2.88. The molecule has 0 spiro atoms. The van der Waals surface area contributed by atoms with E-state index in [1.54, 1.807) is 29.4 Å². The Morgan fingerprint density at radius 2 is 2.00 bits per heavy atom. The van der Waals surface area contributed by atoms with Gasteiger partial charge in [0.2, 0.25) is 5.95 Å². The first-order valence-electron chi connectivity index (χ1n) is 10.2. The summed E-state index contributed by atoms with van der Waals surface area (Å²) in [4.78, 5) is 29.2. The van der Waals surface area contributed by atoms with Gasteiger partial charge in [-0.15, -0.1) is 0 Å². The normalized spacial score (nSPS) is 18.0. The third-order valence-corrected chi connectivity index (χ3v) is 6.19. The number of carbonyl (C=O) groups is 1. The fourth-order valence-electron chi connectivity index (χ4n) is 3.58. The molecule has 2 aromatic heterocycles. The van der Waals surface area contributed by atoms with Crippen LogP contribution in [0.5, 0.6) is 0 Å². The van der Waals surface area contributed by atoms with Crippen molar-refractivity contribution in [2.24, 2.45) is 5.10 Å². The Morgan fingerprint density at radius 3 is 2.70 bits per heavy atom. The number of anilines is 1. The molecule has 4 rings (SSSR count). The van der Waals surface area contributed by atoms with E-state index in [1.165, 1.54) is 11.9 Å². The molecule has 10 nitrogen and oxygen atoms in total. The number of hydrogen-bond acceptors (Lipinski definition) is 9. The Morgan fingerprint density at radius 1 is 1.24 bits per heavy atom. The number of pyridine rings is 1. The molecular weight excluding hydrogens is 469 g/mol. The number of carbonyl (C=O) groups excluding carboxylic acids is 1. The van der Waals surface area contributed by atoms with Crippen molar-refractivity contribution >= 4 is 51.6 Å². The number of nitrogens with one attached hydrogen (secondary N) is 2. The quantitative estimate of drug-likeness (QED) is 0.502. The summed E-state index contributed by atoms with van der Waals surface area (Å²) in [5.41, 5.74) is 0.466. The third-order valence-electron chi connectivity index (χ3n) is 5.16. The number of thioether (sulfide) groups is 1. The maximum absolute atomic E-state index is 14.1. The Kier molecular flexibility index (Phi) is 6.84. The van der Waals surface area contributed by atoms with Crippen molar-refractivity contribution in [2.75, 3.05) is 31.1 Å². The van der Waals surface area contributed by atoms with Crippen LogP contribution in [0.15, 0.2) is 29.6 Å². The lowest BCUT2D eigenvalue weighted by molar-refractivity contribution is 0.138. The number of hydrazone groups is 1. The van der Waals surface area contributed by atoms with Crippen molar-refractivity contribution in [1.29, 1.82) is 10.8 Å². The number of urea groups is 1. The molecule has 0 aliphatic carbocycles. The lowest BCUT2D eigenvalue weighted by atomic mass is 10.1. The highest BCUT2D eigenvalue weighted by Crippen LogP contribution is 2.32. The SMILES string of the molecule is CC(=N)SC(=N)c1nc(N2CCN(C(=O)N3N=CCC3c3ncccc3Cl)CC2)ncc1F. The zero-order valence-corrected chi connectivity index (χ0v) is 19.3. The number of hydrogen-bond donors (Lipinski definition) is 2. The highest BCUT2D eigenvalue weighted by molar-refractivity contribution is 8.26. The molecule has 2 aliphatic rings. The van der Waals surface area contributed by atoms with E-state index in [0.717, 1.165) is 18.0 Å². The minimum atomic E-state index is -0.711. The number of rotatable bonds is 3. The fraction of sp³-hybridized carbons (Fsp3) is 0.350. The maximum Gasteiger partial charge on any atom is 0.341 e. The molecular formula is C20H21ClFN9OS. The Bertz CT molecular complexity index is 1120. The van der Waals surface area contributed by atoms with Crippen molar-refractivity contribution in [1.82, 2.24) is 24.9 Å². The van der Waals surface area contributed by atoms with Crippen molar-refractivity contribution in [3.63, 3.8) is 0 Å². The van der Waals surface area contributed by atoms with Gasteiger partial charge in [-0.1, -0.05) is 23.4 Å². The topological polar surface area (TPSA) is 126 Å². The molecule has 2 amide bonds. The zero-order chi connectivity index (χ0) is 23.5. The largest absolute Gasteiger partial charge is 0.341 e. The van der Waals surface area contributed by atoms with Gasteiger partial charge in [0, 0.05) is 45.0 Å². The molecule has 13 heteroatoms. The predicted octanol–water partition coefficient (Wildman–Crippen LogP) is 3.39. The van der Waals surface area contributed by atoms with Crippen LogP contribution in [0.2, 0.25) is 5.02 Å². The lowest BCUT2D eigenvalue weighted by Crippen LogP contribution is -2.52. The Balaban J connectivity index is 1.42. The fourth-order valence-corrected chi connectivity index (χ4v) is 4.38. The van der Waals surface area contributed by atoms with E-state index in [0.29, 0.717) is 43.3 Å². The first kappa shape index (κ1) is 23.1. The molecule has 0 saturated carbocycles. The maximum atomic E-state index is 14.1. The van der Waals surface area contributed by atoms with Crippen LogP contribution in [0.4, 0.5) is 15.1 Å². The molecule has 0 aromatic carbocycles. The van der Waals surface area contributed by atoms with Gasteiger partial charge in [-0.05, 0) is 19.1 Å². The van der Waals surface area contributed by atoms with Crippen LogP contribution in [0.3, 0.4) is 0 Å². The van der Waals surface area contributed by atoms with Crippen LogP contribution in [0.25, 0.3) is 0 Å². The Hall–Kier alpha value is -3.12. The van der Waals surface area contributed by atoms with Gasteiger partial charge in [-0.25, -0.2) is 24.2 Å². The highest BCUT2D eigenvalue weighted by atomic mass is 35.5. The van der Waals surface area contributed by atoms with Crippen LogP contribution < -0.4 is 4.90 Å². The van der Waals surface area contributed by atoms with Crippen LogP contribution in [0, 0.1) is 16.6 Å². The van der Waals surface area contributed by atoms with E-state index < -0.39 is 5.82 Å². The average molecular weight is 490 g/mol. The van der Waals surface area contributed by atoms with Gasteiger partial charge in [-0.2, -0.15) is 5.10 Å². The van der Waals surface area contributed by atoms with Gasteiger partial charge < -0.3 is 9.80 Å². The molecule has 2 aliphatic heterocycles. The monoisotopic (exact) mass is 489 g/mol. The third kappa shape index (κ3) is 4.96. The standard InChI is InChI=1S/C20H21ClFN9OS/c1-12(23)33-18(24)17-14(22)11-26-19(28-17)29-7-9-30(10-8-29)20(32)31-15(4-6-27-31)16-13(21)3-2-5-25-16/h2-3,5-6,11,15,23-24H,4,7-10H2,1H3. The highest BCUT2D eigenvalue weighted by Gasteiger charge is 2.35.